The molecule has 1 aliphatic rings. The van der Waals surface area contributed by atoms with Crippen LogP contribution < -0.4 is 10.5 Å². The van der Waals surface area contributed by atoms with Gasteiger partial charge in [-0.2, -0.15) is 11.8 Å². The fourth-order valence-electron chi connectivity index (χ4n) is 2.12. The van der Waals surface area contributed by atoms with E-state index in [1.807, 2.05) is 23.9 Å². The zero-order valence-electron chi connectivity index (χ0n) is 13.2. The maximum Gasteiger partial charge on any atom is 0.191 e. The number of hydrogen-bond donors (Lipinski definition) is 1. The standard InChI is InChI=1S/C16H25N3OS.HI/c1-14-4-6-15(7-5-14)20-11-3-2-8-18-16(17)19-9-12-21-13-10-19;/h4-7H,2-3,8-13H2,1H3,(H2,17,18);1H. The van der Waals surface area contributed by atoms with Crippen molar-refractivity contribution in [2.75, 3.05) is 37.7 Å². The van der Waals surface area contributed by atoms with E-state index in [-0.39, 0.29) is 24.0 Å². The van der Waals surface area contributed by atoms with Gasteiger partial charge in [0.2, 0.25) is 0 Å². The van der Waals surface area contributed by atoms with Crippen molar-refractivity contribution in [2.24, 2.45) is 10.7 Å². The van der Waals surface area contributed by atoms with Crippen molar-refractivity contribution in [1.29, 1.82) is 0 Å². The van der Waals surface area contributed by atoms with E-state index < -0.39 is 0 Å². The second kappa shape index (κ2) is 11.0. The first-order chi connectivity index (χ1) is 10.3. The van der Waals surface area contributed by atoms with E-state index in [4.69, 9.17) is 10.5 Å². The van der Waals surface area contributed by atoms with E-state index in [1.165, 1.54) is 5.56 Å². The molecular weight excluding hydrogens is 409 g/mol. The first-order valence-electron chi connectivity index (χ1n) is 7.58. The quantitative estimate of drug-likeness (QED) is 0.323. The highest BCUT2D eigenvalue weighted by Gasteiger charge is 2.11. The monoisotopic (exact) mass is 435 g/mol. The Morgan fingerprint density at radius 2 is 1.91 bits per heavy atom. The van der Waals surface area contributed by atoms with Crippen LogP contribution in [0.1, 0.15) is 18.4 Å². The van der Waals surface area contributed by atoms with Gasteiger partial charge in [0.15, 0.2) is 5.96 Å². The molecule has 1 aromatic rings. The fraction of sp³-hybridized carbons (Fsp3) is 0.562. The van der Waals surface area contributed by atoms with Crippen LogP contribution in [0.5, 0.6) is 5.75 Å². The van der Waals surface area contributed by atoms with Crippen molar-refractivity contribution >= 4 is 41.7 Å². The van der Waals surface area contributed by atoms with Gasteiger partial charge in [0.25, 0.3) is 0 Å². The van der Waals surface area contributed by atoms with Crippen LogP contribution in [-0.4, -0.2) is 48.6 Å². The van der Waals surface area contributed by atoms with Gasteiger partial charge in [-0.15, -0.1) is 24.0 Å². The number of nitrogens with zero attached hydrogens (tertiary/aromatic N) is 2. The number of thioether (sulfide) groups is 1. The summed E-state index contributed by atoms with van der Waals surface area (Å²) in [5.74, 6) is 3.95. The molecule has 0 bridgehead atoms. The molecule has 4 nitrogen and oxygen atoms in total. The number of benzene rings is 1. The lowest BCUT2D eigenvalue weighted by Crippen LogP contribution is -2.42. The predicted molar refractivity (Wildman–Crippen MR) is 107 cm³/mol. The van der Waals surface area contributed by atoms with Gasteiger partial charge in [-0.1, -0.05) is 17.7 Å². The molecule has 6 heteroatoms. The third kappa shape index (κ3) is 7.09. The lowest BCUT2D eigenvalue weighted by Gasteiger charge is -2.27. The summed E-state index contributed by atoms with van der Waals surface area (Å²) in [6.07, 6.45) is 2.01. The van der Waals surface area contributed by atoms with Gasteiger partial charge in [-0.3, -0.25) is 4.99 Å². The highest BCUT2D eigenvalue weighted by molar-refractivity contribution is 14.0. The molecule has 1 aromatic carbocycles. The molecule has 0 spiro atoms. The molecule has 124 valence electrons. The molecule has 22 heavy (non-hydrogen) atoms. The lowest BCUT2D eigenvalue weighted by atomic mass is 10.2. The topological polar surface area (TPSA) is 50.9 Å². The highest BCUT2D eigenvalue weighted by Crippen LogP contribution is 2.12. The van der Waals surface area contributed by atoms with E-state index in [0.717, 1.165) is 56.3 Å². The van der Waals surface area contributed by atoms with Gasteiger partial charge >= 0.3 is 0 Å². The number of rotatable bonds is 6. The number of aliphatic imine (C=N–C) groups is 1. The van der Waals surface area contributed by atoms with Gasteiger partial charge in [0.1, 0.15) is 5.75 Å². The summed E-state index contributed by atoms with van der Waals surface area (Å²) in [5, 5.41) is 0. The van der Waals surface area contributed by atoms with E-state index in [1.54, 1.807) is 0 Å². The van der Waals surface area contributed by atoms with Crippen molar-refractivity contribution in [3.05, 3.63) is 29.8 Å². The minimum atomic E-state index is 0. The summed E-state index contributed by atoms with van der Waals surface area (Å²) >= 11 is 1.98. The molecule has 1 aliphatic heterocycles. The average Bonchev–Trinajstić information content (AvgIpc) is 2.53. The third-order valence-corrected chi connectivity index (χ3v) is 4.39. The minimum absolute atomic E-state index is 0. The molecule has 0 atom stereocenters. The van der Waals surface area contributed by atoms with Crippen LogP contribution in [0.3, 0.4) is 0 Å². The maximum absolute atomic E-state index is 6.00. The molecule has 0 saturated carbocycles. The first-order valence-corrected chi connectivity index (χ1v) is 8.73. The summed E-state index contributed by atoms with van der Waals surface area (Å²) in [5.41, 5.74) is 7.26. The number of ether oxygens (including phenoxy) is 1. The van der Waals surface area contributed by atoms with Crippen LogP contribution in [0.2, 0.25) is 0 Å². The predicted octanol–water partition coefficient (Wildman–Crippen LogP) is 3.14. The van der Waals surface area contributed by atoms with Gasteiger partial charge in [-0.05, 0) is 31.9 Å². The van der Waals surface area contributed by atoms with E-state index in [9.17, 15) is 0 Å². The molecule has 0 amide bonds. The van der Waals surface area contributed by atoms with Gasteiger partial charge < -0.3 is 15.4 Å². The molecule has 0 radical (unpaired) electrons. The van der Waals surface area contributed by atoms with Crippen LogP contribution in [0.25, 0.3) is 0 Å². The van der Waals surface area contributed by atoms with Crippen molar-refractivity contribution in [3.63, 3.8) is 0 Å². The van der Waals surface area contributed by atoms with Crippen molar-refractivity contribution in [2.45, 2.75) is 19.8 Å². The molecule has 0 unspecified atom stereocenters. The molecular formula is C16H26IN3OS. The highest BCUT2D eigenvalue weighted by atomic mass is 127. The summed E-state index contributed by atoms with van der Waals surface area (Å²) < 4.78 is 5.69. The molecule has 1 heterocycles. The molecule has 1 fully saturated rings. The molecule has 2 rings (SSSR count). The van der Waals surface area contributed by atoms with Gasteiger partial charge in [0, 0.05) is 31.1 Å². The molecule has 0 aromatic heterocycles. The summed E-state index contributed by atoms with van der Waals surface area (Å²) in [6, 6.07) is 8.16. The van der Waals surface area contributed by atoms with Gasteiger partial charge in [0.05, 0.1) is 6.61 Å². The smallest absolute Gasteiger partial charge is 0.191 e. The number of nitrogens with two attached hydrogens (primary N) is 1. The van der Waals surface area contributed by atoms with Gasteiger partial charge in [-0.25, -0.2) is 0 Å². The molecule has 2 N–H and O–H groups in total. The minimum Gasteiger partial charge on any atom is -0.494 e. The zero-order chi connectivity index (χ0) is 14.9. The van der Waals surface area contributed by atoms with Crippen LogP contribution in [0, 0.1) is 6.92 Å². The third-order valence-electron chi connectivity index (χ3n) is 3.45. The number of unbranched alkanes of at least 4 members (excludes halogenated alkanes) is 1. The summed E-state index contributed by atoms with van der Waals surface area (Å²) in [4.78, 5) is 6.64. The van der Waals surface area contributed by atoms with Crippen LogP contribution in [0.4, 0.5) is 0 Å². The first kappa shape index (κ1) is 19.4. The second-order valence-electron chi connectivity index (χ2n) is 5.21. The number of aryl methyl sites for hydroxylation is 1. The van der Waals surface area contributed by atoms with E-state index >= 15 is 0 Å². The Hall–Kier alpha value is -0.630. The van der Waals surface area contributed by atoms with E-state index in [0.29, 0.717) is 5.96 Å². The average molecular weight is 435 g/mol. The Morgan fingerprint density at radius 1 is 1.23 bits per heavy atom. The molecule has 1 saturated heterocycles. The Bertz CT molecular complexity index is 447. The Labute approximate surface area is 154 Å². The second-order valence-corrected chi connectivity index (χ2v) is 6.43. The zero-order valence-corrected chi connectivity index (χ0v) is 16.3. The normalized spacial score (nSPS) is 15.3. The van der Waals surface area contributed by atoms with E-state index in [2.05, 4.69) is 28.9 Å². The van der Waals surface area contributed by atoms with Crippen molar-refractivity contribution < 1.29 is 4.74 Å². The Kier molecular flexibility index (Phi) is 9.70. The fourth-order valence-corrected chi connectivity index (χ4v) is 3.03. The number of hydrogen-bond acceptors (Lipinski definition) is 3. The summed E-state index contributed by atoms with van der Waals surface area (Å²) in [7, 11) is 0. The largest absolute Gasteiger partial charge is 0.494 e. The summed E-state index contributed by atoms with van der Waals surface area (Å²) in [6.45, 7) is 5.64. The molecule has 0 aliphatic carbocycles. The van der Waals surface area contributed by atoms with Crippen molar-refractivity contribution in [1.82, 2.24) is 4.90 Å². The number of halogens is 1. The Balaban J connectivity index is 0.00000242. The van der Waals surface area contributed by atoms with Crippen LogP contribution in [-0.2, 0) is 0 Å². The van der Waals surface area contributed by atoms with Crippen LogP contribution in [0.15, 0.2) is 29.3 Å². The van der Waals surface area contributed by atoms with Crippen LogP contribution >= 0.6 is 35.7 Å². The Morgan fingerprint density at radius 3 is 2.59 bits per heavy atom. The van der Waals surface area contributed by atoms with Crippen molar-refractivity contribution in [3.8, 4) is 5.75 Å². The maximum atomic E-state index is 6.00. The lowest BCUT2D eigenvalue weighted by molar-refractivity contribution is 0.307. The number of guanidine groups is 1. The SMILES string of the molecule is Cc1ccc(OCCCCN=C(N)N2CCSCC2)cc1.I.